The van der Waals surface area contributed by atoms with Gasteiger partial charge in [-0.15, -0.1) is 0 Å². The third-order valence-electron chi connectivity index (χ3n) is 1.65. The lowest BCUT2D eigenvalue weighted by molar-refractivity contribution is 0.112. The molecule has 0 unspecified atom stereocenters. The minimum absolute atomic E-state index is 0.436. The van der Waals surface area contributed by atoms with Gasteiger partial charge in [-0.3, -0.25) is 4.79 Å². The normalized spacial score (nSPS) is 11.1. The van der Waals surface area contributed by atoms with Gasteiger partial charge in [0, 0.05) is 11.1 Å². The summed E-state index contributed by atoms with van der Waals surface area (Å²) in [5, 5.41) is 0. The van der Waals surface area contributed by atoms with Gasteiger partial charge >= 0.3 is 0 Å². The lowest BCUT2D eigenvalue weighted by atomic mass is 10.2. The maximum atomic E-state index is 10.5. The second kappa shape index (κ2) is 5.45. The first kappa shape index (κ1) is 10.8. The third-order valence-corrected chi connectivity index (χ3v) is 2.02. The van der Waals surface area contributed by atoms with Crippen LogP contribution in [-0.4, -0.2) is 12.9 Å². The van der Waals surface area contributed by atoms with E-state index in [-0.39, 0.29) is 0 Å². The minimum Gasteiger partial charge on any atom is -0.489 e. The molecule has 0 heterocycles. The number of hydrogen-bond acceptors (Lipinski definition) is 2. The van der Waals surface area contributed by atoms with Crippen LogP contribution in [0.1, 0.15) is 17.3 Å². The molecule has 0 bridgehead atoms. The highest BCUT2D eigenvalue weighted by atomic mass is 35.5. The van der Waals surface area contributed by atoms with E-state index >= 15 is 0 Å². The molecule has 0 atom stereocenters. The van der Waals surface area contributed by atoms with Crippen LogP contribution in [0.15, 0.2) is 35.4 Å². The molecule has 0 spiro atoms. The summed E-state index contributed by atoms with van der Waals surface area (Å²) in [5.74, 6) is 0.674. The monoisotopic (exact) mass is 210 g/mol. The average molecular weight is 211 g/mol. The van der Waals surface area contributed by atoms with Crippen LogP contribution in [0.5, 0.6) is 5.75 Å². The van der Waals surface area contributed by atoms with Crippen LogP contribution in [0.3, 0.4) is 0 Å². The Hall–Kier alpha value is -1.28. The first-order valence-electron chi connectivity index (χ1n) is 4.20. The summed E-state index contributed by atoms with van der Waals surface area (Å²) >= 11 is 5.48. The maximum Gasteiger partial charge on any atom is 0.150 e. The van der Waals surface area contributed by atoms with Crippen LogP contribution in [-0.2, 0) is 0 Å². The maximum absolute atomic E-state index is 10.5. The number of aldehydes is 1. The molecule has 0 aliphatic heterocycles. The molecule has 0 fully saturated rings. The molecule has 0 saturated heterocycles. The Bertz CT molecular complexity index is 345. The number of carbonyl (C=O) groups is 1. The van der Waals surface area contributed by atoms with E-state index in [4.69, 9.17) is 16.3 Å². The predicted octanol–water partition coefficient (Wildman–Crippen LogP) is 3.02. The molecule has 14 heavy (non-hydrogen) atoms. The Kier molecular flexibility index (Phi) is 4.20. The first-order valence-corrected chi connectivity index (χ1v) is 4.64. The van der Waals surface area contributed by atoms with Crippen LogP contribution < -0.4 is 4.74 Å². The van der Waals surface area contributed by atoms with Gasteiger partial charge in [0.25, 0.3) is 0 Å². The summed E-state index contributed by atoms with van der Waals surface area (Å²) < 4.78 is 5.39. The van der Waals surface area contributed by atoms with Gasteiger partial charge in [0.2, 0.25) is 0 Å². The molecule has 0 amide bonds. The zero-order valence-electron chi connectivity index (χ0n) is 7.87. The minimum atomic E-state index is 0.436. The van der Waals surface area contributed by atoms with Crippen molar-refractivity contribution >= 4 is 17.9 Å². The average Bonchev–Trinajstić information content (AvgIpc) is 2.26. The Morgan fingerprint density at radius 2 is 2.36 bits per heavy atom. The zero-order chi connectivity index (χ0) is 10.4. The van der Waals surface area contributed by atoms with Gasteiger partial charge in [-0.05, 0) is 24.6 Å². The number of hydrogen-bond donors (Lipinski definition) is 0. The molecule has 0 saturated carbocycles. The van der Waals surface area contributed by atoms with Gasteiger partial charge < -0.3 is 4.74 Å². The molecule has 2 nitrogen and oxygen atoms in total. The molecule has 3 heteroatoms. The number of benzene rings is 1. The fourth-order valence-electron chi connectivity index (χ4n) is 0.906. The molecule has 0 radical (unpaired) electrons. The summed E-state index contributed by atoms with van der Waals surface area (Å²) in [5.41, 5.74) is 3.02. The van der Waals surface area contributed by atoms with Crippen molar-refractivity contribution < 1.29 is 9.53 Å². The van der Waals surface area contributed by atoms with Crippen LogP contribution in [0.25, 0.3) is 0 Å². The summed E-state index contributed by atoms with van der Waals surface area (Å²) in [6.45, 7) is 2.31. The fourth-order valence-corrected chi connectivity index (χ4v) is 0.969. The second-order valence-corrected chi connectivity index (χ2v) is 3.15. The standard InChI is InChI=1S/C11H11ClO2/c1-9(6-12)8-14-11-4-2-3-10(5-11)7-13/h2-7H,8H2,1H3/b9-6-. The van der Waals surface area contributed by atoms with Gasteiger partial charge in [0.1, 0.15) is 18.6 Å². The zero-order valence-corrected chi connectivity index (χ0v) is 8.62. The highest BCUT2D eigenvalue weighted by molar-refractivity contribution is 6.25. The first-order chi connectivity index (χ1) is 6.76. The number of rotatable bonds is 4. The van der Waals surface area contributed by atoms with Gasteiger partial charge in [0.15, 0.2) is 0 Å². The van der Waals surface area contributed by atoms with E-state index in [1.165, 1.54) is 5.54 Å². The Morgan fingerprint density at radius 1 is 1.57 bits per heavy atom. The summed E-state index contributed by atoms with van der Waals surface area (Å²) in [4.78, 5) is 10.5. The molecule has 0 aromatic heterocycles. The smallest absolute Gasteiger partial charge is 0.150 e. The molecule has 0 N–H and O–H groups in total. The SMILES string of the molecule is C/C(=C/Cl)COc1cccc(C=O)c1. The van der Waals surface area contributed by atoms with E-state index in [0.717, 1.165) is 11.9 Å². The van der Waals surface area contributed by atoms with Gasteiger partial charge in [-0.1, -0.05) is 23.7 Å². The van der Waals surface area contributed by atoms with Crippen LogP contribution in [0.2, 0.25) is 0 Å². The topological polar surface area (TPSA) is 26.3 Å². The van der Waals surface area contributed by atoms with Gasteiger partial charge in [-0.2, -0.15) is 0 Å². The van der Waals surface area contributed by atoms with E-state index in [1.807, 2.05) is 6.92 Å². The summed E-state index contributed by atoms with van der Waals surface area (Å²) in [6.07, 6.45) is 0.789. The van der Waals surface area contributed by atoms with E-state index < -0.39 is 0 Å². The van der Waals surface area contributed by atoms with E-state index in [1.54, 1.807) is 24.3 Å². The van der Waals surface area contributed by atoms with E-state index in [9.17, 15) is 4.79 Å². The Balaban J connectivity index is 2.63. The van der Waals surface area contributed by atoms with E-state index in [0.29, 0.717) is 17.9 Å². The lowest BCUT2D eigenvalue weighted by Gasteiger charge is -2.05. The largest absolute Gasteiger partial charge is 0.489 e. The quantitative estimate of drug-likeness (QED) is 0.715. The van der Waals surface area contributed by atoms with Crippen molar-refractivity contribution in [2.45, 2.75) is 6.92 Å². The van der Waals surface area contributed by atoms with Gasteiger partial charge in [-0.25, -0.2) is 0 Å². The number of halogens is 1. The second-order valence-electron chi connectivity index (χ2n) is 2.93. The van der Waals surface area contributed by atoms with Crippen molar-refractivity contribution in [3.05, 3.63) is 40.9 Å². The predicted molar refractivity (Wildman–Crippen MR) is 56.9 cm³/mol. The summed E-state index contributed by atoms with van der Waals surface area (Å²) in [6, 6.07) is 6.99. The highest BCUT2D eigenvalue weighted by Crippen LogP contribution is 2.12. The van der Waals surface area contributed by atoms with Crippen molar-refractivity contribution in [2.24, 2.45) is 0 Å². The lowest BCUT2D eigenvalue weighted by Crippen LogP contribution is -1.98. The third kappa shape index (κ3) is 3.23. The fraction of sp³-hybridized carbons (Fsp3) is 0.182. The molecule has 1 aromatic rings. The van der Waals surface area contributed by atoms with Crippen molar-refractivity contribution in [2.75, 3.05) is 6.61 Å². The van der Waals surface area contributed by atoms with Crippen molar-refractivity contribution in [3.8, 4) is 5.75 Å². The Labute approximate surface area is 88.1 Å². The van der Waals surface area contributed by atoms with Crippen molar-refractivity contribution in [1.29, 1.82) is 0 Å². The van der Waals surface area contributed by atoms with Crippen LogP contribution in [0.4, 0.5) is 0 Å². The molecule has 1 aromatic carbocycles. The van der Waals surface area contributed by atoms with Crippen LogP contribution >= 0.6 is 11.6 Å². The highest BCUT2D eigenvalue weighted by Gasteiger charge is 1.96. The molecular formula is C11H11ClO2. The molecular weight excluding hydrogens is 200 g/mol. The van der Waals surface area contributed by atoms with E-state index in [2.05, 4.69) is 0 Å². The number of carbonyl (C=O) groups excluding carboxylic acids is 1. The molecule has 74 valence electrons. The molecule has 1 rings (SSSR count). The van der Waals surface area contributed by atoms with Crippen molar-refractivity contribution in [1.82, 2.24) is 0 Å². The van der Waals surface area contributed by atoms with Crippen molar-refractivity contribution in [3.63, 3.8) is 0 Å². The van der Waals surface area contributed by atoms with Gasteiger partial charge in [0.05, 0.1) is 0 Å². The Morgan fingerprint density at radius 3 is 3.00 bits per heavy atom. The molecule has 0 aliphatic rings. The van der Waals surface area contributed by atoms with Crippen LogP contribution in [0, 0.1) is 0 Å². The summed E-state index contributed by atoms with van der Waals surface area (Å²) in [7, 11) is 0. The number of ether oxygens (including phenoxy) is 1. The molecule has 0 aliphatic carbocycles.